The summed E-state index contributed by atoms with van der Waals surface area (Å²) in [7, 11) is 0. The lowest BCUT2D eigenvalue weighted by Crippen LogP contribution is -2.10. The molecule has 0 bridgehead atoms. The van der Waals surface area contributed by atoms with Crippen molar-refractivity contribution in [3.05, 3.63) is 34.6 Å². The monoisotopic (exact) mass is 249 g/mol. The minimum Gasteiger partial charge on any atom is -0.480 e. The number of hydrogen-bond acceptors (Lipinski definition) is 3. The van der Waals surface area contributed by atoms with Crippen LogP contribution in [0.2, 0.25) is 0 Å². The summed E-state index contributed by atoms with van der Waals surface area (Å²) in [5.74, 6) is -0.405. The van der Waals surface area contributed by atoms with E-state index in [2.05, 4.69) is 10.2 Å². The van der Waals surface area contributed by atoms with Crippen molar-refractivity contribution in [2.45, 2.75) is 13.5 Å². The number of hydrogen-bond donors (Lipinski definition) is 2. The topological polar surface area (TPSA) is 70.9 Å². The summed E-state index contributed by atoms with van der Waals surface area (Å²) in [5, 5.41) is 15.5. The number of aryl methyl sites for hydroxylation is 1. The number of nitrogens with one attached hydrogen (secondary N) is 1. The Morgan fingerprint density at radius 2 is 2.35 bits per heavy atom. The lowest BCUT2D eigenvalue weighted by atomic mass is 10.1. The zero-order chi connectivity index (χ0) is 12.4. The maximum atomic E-state index is 10.8. The number of aromatic nitrogens is 3. The first-order valence-electron chi connectivity index (χ1n) is 5.02. The Kier molecular flexibility index (Phi) is 3.06. The second-order valence-corrected chi connectivity index (χ2v) is 4.09. The van der Waals surface area contributed by atoms with Crippen molar-refractivity contribution < 1.29 is 9.90 Å². The Labute approximate surface area is 103 Å². The fourth-order valence-electron chi connectivity index (χ4n) is 1.60. The zero-order valence-corrected chi connectivity index (χ0v) is 9.99. The molecule has 1 heterocycles. The highest BCUT2D eigenvalue weighted by Crippen LogP contribution is 2.18. The molecular weight excluding hydrogens is 238 g/mol. The molecule has 1 aromatic heterocycles. The van der Waals surface area contributed by atoms with Crippen LogP contribution in [0.3, 0.4) is 0 Å². The van der Waals surface area contributed by atoms with E-state index in [1.54, 1.807) is 0 Å². The highest BCUT2D eigenvalue weighted by Gasteiger charge is 2.11. The number of benzene rings is 1. The van der Waals surface area contributed by atoms with Crippen molar-refractivity contribution in [1.82, 2.24) is 14.8 Å². The van der Waals surface area contributed by atoms with Crippen LogP contribution in [0.25, 0.3) is 11.4 Å². The second kappa shape index (κ2) is 4.50. The molecule has 88 valence electrons. The van der Waals surface area contributed by atoms with E-state index in [1.165, 1.54) is 4.57 Å². The predicted octanol–water partition coefficient (Wildman–Crippen LogP) is 2.00. The van der Waals surface area contributed by atoms with Gasteiger partial charge in [-0.05, 0) is 25.2 Å². The molecule has 0 fully saturated rings. The van der Waals surface area contributed by atoms with Crippen LogP contribution in [0, 0.1) is 11.7 Å². The van der Waals surface area contributed by atoms with E-state index >= 15 is 0 Å². The molecule has 0 spiro atoms. The van der Waals surface area contributed by atoms with Gasteiger partial charge in [-0.1, -0.05) is 23.8 Å². The molecule has 6 heteroatoms. The summed E-state index contributed by atoms with van der Waals surface area (Å²) in [6.45, 7) is 1.77. The molecule has 2 aromatic rings. The van der Waals surface area contributed by atoms with Crippen molar-refractivity contribution in [1.29, 1.82) is 0 Å². The van der Waals surface area contributed by atoms with Gasteiger partial charge in [-0.2, -0.15) is 5.10 Å². The van der Waals surface area contributed by atoms with Crippen LogP contribution >= 0.6 is 12.2 Å². The minimum atomic E-state index is -0.948. The molecule has 17 heavy (non-hydrogen) atoms. The van der Waals surface area contributed by atoms with Crippen molar-refractivity contribution in [2.75, 3.05) is 0 Å². The van der Waals surface area contributed by atoms with Crippen LogP contribution in [0.15, 0.2) is 24.3 Å². The zero-order valence-electron chi connectivity index (χ0n) is 9.17. The Hall–Kier alpha value is -1.95. The van der Waals surface area contributed by atoms with Gasteiger partial charge in [0.1, 0.15) is 6.54 Å². The molecule has 2 rings (SSSR count). The molecule has 0 amide bonds. The summed E-state index contributed by atoms with van der Waals surface area (Å²) < 4.78 is 1.77. The van der Waals surface area contributed by atoms with Gasteiger partial charge in [0.25, 0.3) is 0 Å². The third-order valence-electron chi connectivity index (χ3n) is 2.33. The highest BCUT2D eigenvalue weighted by molar-refractivity contribution is 7.71. The van der Waals surface area contributed by atoms with Crippen molar-refractivity contribution in [3.63, 3.8) is 0 Å². The van der Waals surface area contributed by atoms with Gasteiger partial charge in [-0.25, -0.2) is 0 Å². The third kappa shape index (κ3) is 2.42. The Bertz CT molecular complexity index is 615. The van der Waals surface area contributed by atoms with Crippen LogP contribution in [-0.2, 0) is 11.3 Å². The van der Waals surface area contributed by atoms with E-state index in [0.29, 0.717) is 10.6 Å². The number of aromatic amines is 1. The molecule has 0 saturated heterocycles. The van der Waals surface area contributed by atoms with Crippen LogP contribution in [0.4, 0.5) is 0 Å². The molecule has 0 radical (unpaired) electrons. The molecular formula is C11H11N3O2S. The third-order valence-corrected chi connectivity index (χ3v) is 2.64. The van der Waals surface area contributed by atoms with Gasteiger partial charge >= 0.3 is 5.97 Å². The summed E-state index contributed by atoms with van der Waals surface area (Å²) >= 11 is 5.01. The predicted molar refractivity (Wildman–Crippen MR) is 65.2 cm³/mol. The maximum absolute atomic E-state index is 10.8. The largest absolute Gasteiger partial charge is 0.480 e. The SMILES string of the molecule is Cc1cccc(-c2n[nH]c(=S)n2CC(=O)O)c1. The molecule has 0 saturated carbocycles. The molecule has 0 aliphatic carbocycles. The first kappa shape index (κ1) is 11.5. The van der Waals surface area contributed by atoms with Gasteiger partial charge in [0.2, 0.25) is 0 Å². The van der Waals surface area contributed by atoms with Gasteiger partial charge in [-0.15, -0.1) is 0 Å². The number of carboxylic acid groups (broad SMARTS) is 1. The Balaban J connectivity index is 2.52. The highest BCUT2D eigenvalue weighted by atomic mass is 32.1. The van der Waals surface area contributed by atoms with Crippen molar-refractivity contribution in [3.8, 4) is 11.4 Å². The van der Waals surface area contributed by atoms with E-state index in [1.807, 2.05) is 31.2 Å². The lowest BCUT2D eigenvalue weighted by Gasteiger charge is -2.04. The summed E-state index contributed by atoms with van der Waals surface area (Å²) in [6.07, 6.45) is 0. The van der Waals surface area contributed by atoms with Gasteiger partial charge in [0.15, 0.2) is 10.6 Å². The number of aliphatic carboxylic acids is 1. The van der Waals surface area contributed by atoms with Crippen molar-refractivity contribution >= 4 is 18.2 Å². The van der Waals surface area contributed by atoms with Crippen molar-refractivity contribution in [2.24, 2.45) is 0 Å². The van der Waals surface area contributed by atoms with E-state index in [4.69, 9.17) is 17.3 Å². The van der Waals surface area contributed by atoms with Crippen LogP contribution in [0.1, 0.15) is 5.56 Å². The van der Waals surface area contributed by atoms with E-state index in [0.717, 1.165) is 11.1 Å². The minimum absolute atomic E-state index is 0.196. The normalized spacial score (nSPS) is 10.4. The van der Waals surface area contributed by atoms with Gasteiger partial charge in [0.05, 0.1) is 0 Å². The summed E-state index contributed by atoms with van der Waals surface area (Å²) in [5.41, 5.74) is 1.93. The molecule has 0 aliphatic heterocycles. The van der Waals surface area contributed by atoms with Crippen LogP contribution in [-0.4, -0.2) is 25.8 Å². The molecule has 0 atom stereocenters. The van der Waals surface area contributed by atoms with Gasteiger partial charge in [-0.3, -0.25) is 14.5 Å². The summed E-state index contributed by atoms with van der Waals surface area (Å²) in [6, 6.07) is 7.67. The quantitative estimate of drug-likeness (QED) is 0.816. The standard InChI is InChI=1S/C11H11N3O2S/c1-7-3-2-4-8(5-7)10-12-13-11(17)14(10)6-9(15)16/h2-5H,6H2,1H3,(H,13,17)(H,15,16). The van der Waals surface area contributed by atoms with E-state index < -0.39 is 5.97 Å². The Morgan fingerprint density at radius 1 is 1.59 bits per heavy atom. The molecule has 5 nitrogen and oxygen atoms in total. The molecule has 1 aromatic carbocycles. The fraction of sp³-hybridized carbons (Fsp3) is 0.182. The van der Waals surface area contributed by atoms with Gasteiger partial charge < -0.3 is 5.11 Å². The van der Waals surface area contributed by atoms with Crippen LogP contribution < -0.4 is 0 Å². The molecule has 0 unspecified atom stereocenters. The lowest BCUT2D eigenvalue weighted by molar-refractivity contribution is -0.137. The molecule has 2 N–H and O–H groups in total. The average Bonchev–Trinajstić information content (AvgIpc) is 2.60. The van der Waals surface area contributed by atoms with Crippen LogP contribution in [0.5, 0.6) is 0 Å². The van der Waals surface area contributed by atoms with E-state index in [9.17, 15) is 4.79 Å². The van der Waals surface area contributed by atoms with E-state index in [-0.39, 0.29) is 6.54 Å². The average molecular weight is 249 g/mol. The first-order valence-corrected chi connectivity index (χ1v) is 5.43. The fourth-order valence-corrected chi connectivity index (χ4v) is 1.80. The second-order valence-electron chi connectivity index (χ2n) is 3.70. The van der Waals surface area contributed by atoms with Gasteiger partial charge in [0, 0.05) is 5.56 Å². The first-order chi connectivity index (χ1) is 8.08. The Morgan fingerprint density at radius 3 is 3.00 bits per heavy atom. The number of H-pyrrole nitrogens is 1. The number of rotatable bonds is 3. The smallest absolute Gasteiger partial charge is 0.323 e. The summed E-state index contributed by atoms with van der Waals surface area (Å²) in [4.78, 5) is 10.8. The number of nitrogens with zero attached hydrogens (tertiary/aromatic N) is 2. The maximum Gasteiger partial charge on any atom is 0.323 e. The number of carboxylic acids is 1. The number of carbonyl (C=O) groups is 1. The molecule has 0 aliphatic rings.